The molecule has 1 aromatic heterocycles. The number of nitrogens with one attached hydrogen (secondary N) is 1. The van der Waals surface area contributed by atoms with Gasteiger partial charge < -0.3 is 0 Å². The Balaban J connectivity index is 0.000000293. The van der Waals surface area contributed by atoms with Crippen LogP contribution in [0, 0.1) is 13.8 Å². The van der Waals surface area contributed by atoms with Crippen LogP contribution in [-0.4, -0.2) is 16.3 Å². The number of aryl methyl sites for hydroxylation is 2. The van der Waals surface area contributed by atoms with Crippen molar-refractivity contribution in [2.75, 3.05) is 0 Å². The third kappa shape index (κ3) is 2.06. The van der Waals surface area contributed by atoms with Gasteiger partial charge in [-0.25, -0.2) is 0 Å². The van der Waals surface area contributed by atoms with Crippen LogP contribution in [0.25, 0.3) is 10.9 Å². The van der Waals surface area contributed by atoms with Crippen molar-refractivity contribution in [2.45, 2.75) is 13.8 Å². The third-order valence-corrected chi connectivity index (χ3v) is 2.05. The fourth-order valence-corrected chi connectivity index (χ4v) is 1.21. The molecule has 0 saturated carbocycles. The smallest absolute Gasteiger partial charge is 0.278 e. The van der Waals surface area contributed by atoms with Crippen LogP contribution >= 0.6 is 0 Å². The molecule has 1 aromatic carbocycles. The van der Waals surface area contributed by atoms with E-state index >= 15 is 0 Å². The van der Waals surface area contributed by atoms with Gasteiger partial charge >= 0.3 is 6.15 Å². The lowest BCUT2D eigenvalue weighted by Gasteiger charge is -1.97. The van der Waals surface area contributed by atoms with Crippen LogP contribution in [0.5, 0.6) is 0 Å². The predicted octanol–water partition coefficient (Wildman–Crippen LogP) is 1.60. The Kier molecular flexibility index (Phi) is 3.15. The molecule has 2 aromatic rings. The van der Waals surface area contributed by atoms with Crippen LogP contribution in [-0.2, 0) is 9.59 Å². The molecular weight excluding hydrogens is 180 g/mol. The summed E-state index contributed by atoms with van der Waals surface area (Å²) in [6, 6.07) is 4.27. The molecule has 4 heteroatoms. The highest BCUT2D eigenvalue weighted by atomic mass is 16.2. The highest BCUT2D eigenvalue weighted by molar-refractivity contribution is 5.79. The van der Waals surface area contributed by atoms with Crippen molar-refractivity contribution in [3.63, 3.8) is 0 Å². The van der Waals surface area contributed by atoms with E-state index < -0.39 is 0 Å². The third-order valence-electron chi connectivity index (χ3n) is 2.05. The van der Waals surface area contributed by atoms with Crippen molar-refractivity contribution < 1.29 is 9.59 Å². The molecule has 0 bridgehead atoms. The maximum absolute atomic E-state index is 8.12. The first-order valence-electron chi connectivity index (χ1n) is 4.08. The van der Waals surface area contributed by atoms with Crippen LogP contribution in [0.15, 0.2) is 18.3 Å². The Bertz CT molecular complexity index is 432. The molecule has 0 spiro atoms. The summed E-state index contributed by atoms with van der Waals surface area (Å²) >= 11 is 0. The average Bonchev–Trinajstić information content (AvgIpc) is 2.54. The molecule has 0 saturated heterocycles. The number of benzene rings is 1. The summed E-state index contributed by atoms with van der Waals surface area (Å²) in [4.78, 5) is 16.2. The van der Waals surface area contributed by atoms with Gasteiger partial charge in [-0.3, -0.25) is 5.10 Å². The molecule has 2 rings (SSSR count). The van der Waals surface area contributed by atoms with Crippen molar-refractivity contribution in [3.8, 4) is 0 Å². The molecule has 0 aliphatic rings. The van der Waals surface area contributed by atoms with Gasteiger partial charge in [0.05, 0.1) is 11.7 Å². The van der Waals surface area contributed by atoms with Crippen molar-refractivity contribution in [2.24, 2.45) is 0 Å². The zero-order chi connectivity index (χ0) is 10.6. The number of carbonyl (C=O) groups excluding carboxylic acids is 2. The number of H-pyrrole nitrogens is 1. The second kappa shape index (κ2) is 4.35. The summed E-state index contributed by atoms with van der Waals surface area (Å²) in [6.45, 7) is 4.22. The van der Waals surface area contributed by atoms with Gasteiger partial charge in [-0.05, 0) is 37.1 Å². The Hall–Kier alpha value is -1.93. The zero-order valence-electron chi connectivity index (χ0n) is 8.00. The lowest BCUT2D eigenvalue weighted by Crippen LogP contribution is -1.79. The van der Waals surface area contributed by atoms with E-state index in [1.165, 1.54) is 16.5 Å². The number of aromatic nitrogens is 2. The van der Waals surface area contributed by atoms with E-state index in [0.29, 0.717) is 0 Å². The molecular formula is C10H10N2O2. The molecule has 4 nitrogen and oxygen atoms in total. The fourth-order valence-electron chi connectivity index (χ4n) is 1.21. The number of rotatable bonds is 0. The normalized spacial score (nSPS) is 9.00. The Labute approximate surface area is 80.9 Å². The van der Waals surface area contributed by atoms with Gasteiger partial charge in [0.1, 0.15) is 0 Å². The maximum atomic E-state index is 8.12. The summed E-state index contributed by atoms with van der Waals surface area (Å²) in [7, 11) is 0. The minimum absolute atomic E-state index is 0.250. The van der Waals surface area contributed by atoms with Crippen molar-refractivity contribution in [1.29, 1.82) is 0 Å². The van der Waals surface area contributed by atoms with Crippen molar-refractivity contribution >= 4 is 17.1 Å². The van der Waals surface area contributed by atoms with E-state index in [1.54, 1.807) is 0 Å². The summed E-state index contributed by atoms with van der Waals surface area (Å²) in [5, 5.41) is 8.08. The van der Waals surface area contributed by atoms with E-state index in [0.717, 1.165) is 5.52 Å². The number of aromatic amines is 1. The minimum Gasteiger partial charge on any atom is -0.278 e. The topological polar surface area (TPSA) is 62.8 Å². The number of nitrogens with zero attached hydrogens (tertiary/aromatic N) is 1. The molecule has 0 atom stereocenters. The largest absolute Gasteiger partial charge is 0.373 e. The molecule has 1 N–H and O–H groups in total. The summed E-state index contributed by atoms with van der Waals surface area (Å²) in [5.41, 5.74) is 3.74. The lowest BCUT2D eigenvalue weighted by atomic mass is 10.1. The van der Waals surface area contributed by atoms with Crippen LogP contribution < -0.4 is 0 Å². The van der Waals surface area contributed by atoms with Crippen LogP contribution in [0.3, 0.4) is 0 Å². The quantitative estimate of drug-likeness (QED) is 0.686. The van der Waals surface area contributed by atoms with Crippen LogP contribution in [0.4, 0.5) is 0 Å². The molecule has 72 valence electrons. The molecule has 0 amide bonds. The Morgan fingerprint density at radius 1 is 1.21 bits per heavy atom. The Morgan fingerprint density at radius 2 is 1.79 bits per heavy atom. The van der Waals surface area contributed by atoms with E-state index in [9.17, 15) is 0 Å². The lowest BCUT2D eigenvalue weighted by molar-refractivity contribution is -0.191. The number of hydrogen-bond donors (Lipinski definition) is 1. The van der Waals surface area contributed by atoms with E-state index in [4.69, 9.17) is 9.59 Å². The van der Waals surface area contributed by atoms with E-state index in [2.05, 4.69) is 36.2 Å². The number of hydrogen-bond acceptors (Lipinski definition) is 3. The summed E-state index contributed by atoms with van der Waals surface area (Å²) in [5.74, 6) is 0. The molecule has 0 radical (unpaired) electrons. The SMILES string of the molecule is Cc1cc2cn[nH]c2cc1C.O=C=O. The van der Waals surface area contributed by atoms with Gasteiger partial charge in [0.2, 0.25) is 0 Å². The maximum Gasteiger partial charge on any atom is 0.373 e. The minimum atomic E-state index is 0.250. The predicted molar refractivity (Wildman–Crippen MR) is 50.6 cm³/mol. The second-order valence-electron chi connectivity index (χ2n) is 2.98. The first kappa shape index (κ1) is 10.2. The standard InChI is InChI=1S/C9H10N2.CO2/c1-6-3-8-5-10-11-9(8)4-7(6)2;2-1-3/h3-5H,1-2H3,(H,10,11);. The first-order chi connectivity index (χ1) is 6.69. The highest BCUT2D eigenvalue weighted by Crippen LogP contribution is 2.15. The van der Waals surface area contributed by atoms with E-state index in [-0.39, 0.29) is 6.15 Å². The van der Waals surface area contributed by atoms with Crippen LogP contribution in [0.2, 0.25) is 0 Å². The van der Waals surface area contributed by atoms with Gasteiger partial charge in [-0.1, -0.05) is 0 Å². The number of fused-ring (bicyclic) bond motifs is 1. The van der Waals surface area contributed by atoms with Crippen LogP contribution in [0.1, 0.15) is 11.1 Å². The summed E-state index contributed by atoms with van der Waals surface area (Å²) in [6.07, 6.45) is 2.10. The molecule has 1 heterocycles. The average molecular weight is 190 g/mol. The van der Waals surface area contributed by atoms with Gasteiger partial charge in [0.25, 0.3) is 0 Å². The molecule has 0 unspecified atom stereocenters. The van der Waals surface area contributed by atoms with Gasteiger partial charge in [0, 0.05) is 5.39 Å². The highest BCUT2D eigenvalue weighted by Gasteiger charge is 1.97. The van der Waals surface area contributed by atoms with E-state index in [1.807, 2.05) is 6.20 Å². The van der Waals surface area contributed by atoms with Gasteiger partial charge in [-0.2, -0.15) is 14.7 Å². The van der Waals surface area contributed by atoms with Gasteiger partial charge in [-0.15, -0.1) is 0 Å². The van der Waals surface area contributed by atoms with Gasteiger partial charge in [0.15, 0.2) is 0 Å². The van der Waals surface area contributed by atoms with Crippen molar-refractivity contribution in [1.82, 2.24) is 10.2 Å². The Morgan fingerprint density at radius 3 is 2.43 bits per heavy atom. The molecule has 0 aliphatic heterocycles. The second-order valence-corrected chi connectivity index (χ2v) is 2.98. The molecule has 0 aliphatic carbocycles. The zero-order valence-corrected chi connectivity index (χ0v) is 8.00. The van der Waals surface area contributed by atoms with Crippen molar-refractivity contribution in [3.05, 3.63) is 29.5 Å². The molecule has 0 fully saturated rings. The first-order valence-corrected chi connectivity index (χ1v) is 4.08. The molecule has 14 heavy (non-hydrogen) atoms. The fraction of sp³-hybridized carbons (Fsp3) is 0.200. The monoisotopic (exact) mass is 190 g/mol. The summed E-state index contributed by atoms with van der Waals surface area (Å²) < 4.78 is 0.